The Hall–Kier alpha value is -1.13. The number of hydrogen-bond acceptors (Lipinski definition) is 4. The molecule has 5 N–H and O–H groups in total. The molecule has 1 saturated carbocycles. The Morgan fingerprint density at radius 1 is 1.21 bits per heavy atom. The number of aromatic nitrogens is 1. The zero-order chi connectivity index (χ0) is 13.8. The van der Waals surface area contributed by atoms with Crippen molar-refractivity contribution in [1.82, 2.24) is 10.4 Å². The highest BCUT2D eigenvalue weighted by Gasteiger charge is 2.30. The molecular formula is C15H26N4. The molecule has 1 aromatic rings. The van der Waals surface area contributed by atoms with Crippen LogP contribution in [0.3, 0.4) is 0 Å². The highest BCUT2D eigenvalue weighted by Crippen LogP contribution is 2.39. The molecule has 0 radical (unpaired) electrons. The Morgan fingerprint density at radius 2 is 1.84 bits per heavy atom. The number of anilines is 1. The first kappa shape index (κ1) is 14.3. The molecule has 1 aromatic heterocycles. The van der Waals surface area contributed by atoms with E-state index >= 15 is 0 Å². The molecule has 106 valence electrons. The number of pyridine rings is 1. The van der Waals surface area contributed by atoms with E-state index in [1.165, 1.54) is 25.7 Å². The number of nitrogens with zero attached hydrogens (tertiary/aromatic N) is 1. The molecule has 1 heterocycles. The van der Waals surface area contributed by atoms with E-state index in [2.05, 4.69) is 24.3 Å². The van der Waals surface area contributed by atoms with E-state index < -0.39 is 0 Å². The first-order chi connectivity index (χ1) is 9.13. The zero-order valence-corrected chi connectivity index (χ0v) is 12.0. The first-order valence-electron chi connectivity index (χ1n) is 7.29. The lowest BCUT2D eigenvalue weighted by Crippen LogP contribution is -2.36. The Kier molecular flexibility index (Phi) is 4.77. The molecule has 1 aliphatic rings. The van der Waals surface area contributed by atoms with E-state index in [4.69, 9.17) is 11.6 Å². The molecule has 0 saturated heterocycles. The van der Waals surface area contributed by atoms with Crippen molar-refractivity contribution < 1.29 is 0 Å². The second-order valence-electron chi connectivity index (χ2n) is 6.07. The summed E-state index contributed by atoms with van der Waals surface area (Å²) in [5, 5.41) is 0. The lowest BCUT2D eigenvalue weighted by molar-refractivity contribution is 0.189. The fraction of sp³-hybridized carbons (Fsp3) is 0.667. The molecule has 0 aromatic carbocycles. The molecule has 0 amide bonds. The van der Waals surface area contributed by atoms with Gasteiger partial charge in [0.05, 0.1) is 6.04 Å². The molecule has 0 spiro atoms. The topological polar surface area (TPSA) is 77.0 Å². The summed E-state index contributed by atoms with van der Waals surface area (Å²) in [7, 11) is 0. The molecule has 1 aliphatic carbocycles. The fourth-order valence-electron chi connectivity index (χ4n) is 3.30. The average molecular weight is 262 g/mol. The lowest BCUT2D eigenvalue weighted by atomic mass is 9.73. The summed E-state index contributed by atoms with van der Waals surface area (Å²) >= 11 is 0. The summed E-state index contributed by atoms with van der Waals surface area (Å²) < 4.78 is 0. The molecule has 4 heteroatoms. The summed E-state index contributed by atoms with van der Waals surface area (Å²) in [6.45, 7) is 4.64. The van der Waals surface area contributed by atoms with Crippen LogP contribution in [0.5, 0.6) is 0 Å². The predicted molar refractivity (Wildman–Crippen MR) is 79.0 cm³/mol. The predicted octanol–water partition coefficient (Wildman–Crippen LogP) is 2.63. The Labute approximate surface area is 115 Å². The third kappa shape index (κ3) is 3.25. The summed E-state index contributed by atoms with van der Waals surface area (Å²) in [4.78, 5) is 4.18. The van der Waals surface area contributed by atoms with Gasteiger partial charge in [-0.25, -0.2) is 0 Å². The van der Waals surface area contributed by atoms with Gasteiger partial charge in [-0.2, -0.15) is 0 Å². The van der Waals surface area contributed by atoms with E-state index in [0.29, 0.717) is 5.92 Å². The van der Waals surface area contributed by atoms with Crippen molar-refractivity contribution in [3.8, 4) is 0 Å². The van der Waals surface area contributed by atoms with Crippen LogP contribution in [0.15, 0.2) is 18.5 Å². The number of nitrogens with two attached hydrogens (primary N) is 2. The van der Waals surface area contributed by atoms with Crippen molar-refractivity contribution in [2.75, 3.05) is 5.73 Å². The number of nitrogens with one attached hydrogen (secondary N) is 1. The maximum Gasteiger partial charge on any atom is 0.0523 e. The molecule has 1 fully saturated rings. The van der Waals surface area contributed by atoms with Crippen LogP contribution >= 0.6 is 0 Å². The standard InChI is InChI=1S/C15H26N4/c1-10(2)11-3-5-12(6-4-11)15(19-17)13-9-18-8-7-14(13)16/h7-12,15,19H,3-6,17H2,1-2H3,(H2,16,18). The Morgan fingerprint density at radius 3 is 2.37 bits per heavy atom. The van der Waals surface area contributed by atoms with Crippen molar-refractivity contribution in [2.24, 2.45) is 23.6 Å². The summed E-state index contributed by atoms with van der Waals surface area (Å²) in [6.07, 6.45) is 8.58. The second kappa shape index (κ2) is 6.35. The number of nitrogen functional groups attached to an aromatic ring is 1. The smallest absolute Gasteiger partial charge is 0.0523 e. The fourth-order valence-corrected chi connectivity index (χ4v) is 3.30. The normalized spacial score (nSPS) is 25.5. The minimum Gasteiger partial charge on any atom is -0.398 e. The van der Waals surface area contributed by atoms with Crippen LogP contribution in [0.4, 0.5) is 5.69 Å². The van der Waals surface area contributed by atoms with Crippen LogP contribution in [0.2, 0.25) is 0 Å². The SMILES string of the molecule is CC(C)C1CCC(C(NN)c2cnccc2N)CC1. The Bertz CT molecular complexity index is 397. The van der Waals surface area contributed by atoms with Crippen LogP contribution in [0.1, 0.15) is 51.1 Å². The molecule has 2 rings (SSSR count). The maximum absolute atomic E-state index is 6.04. The van der Waals surface area contributed by atoms with E-state index in [1.54, 1.807) is 6.20 Å². The molecule has 0 aliphatic heterocycles. The van der Waals surface area contributed by atoms with E-state index in [9.17, 15) is 0 Å². The quantitative estimate of drug-likeness (QED) is 0.576. The van der Waals surface area contributed by atoms with Crippen LogP contribution < -0.4 is 17.0 Å². The van der Waals surface area contributed by atoms with Gasteiger partial charge in [0.25, 0.3) is 0 Å². The van der Waals surface area contributed by atoms with Crippen molar-refractivity contribution >= 4 is 5.69 Å². The third-order valence-corrected chi connectivity index (χ3v) is 4.63. The summed E-state index contributed by atoms with van der Waals surface area (Å²) in [5.74, 6) is 7.98. The van der Waals surface area contributed by atoms with Crippen molar-refractivity contribution in [2.45, 2.75) is 45.6 Å². The third-order valence-electron chi connectivity index (χ3n) is 4.63. The van der Waals surface area contributed by atoms with Gasteiger partial charge in [-0.1, -0.05) is 13.8 Å². The van der Waals surface area contributed by atoms with Crippen molar-refractivity contribution in [3.05, 3.63) is 24.0 Å². The van der Waals surface area contributed by atoms with E-state index in [-0.39, 0.29) is 6.04 Å². The van der Waals surface area contributed by atoms with E-state index in [1.807, 2.05) is 12.3 Å². The molecule has 1 atom stereocenters. The maximum atomic E-state index is 6.04. The van der Waals surface area contributed by atoms with Gasteiger partial charge in [0.2, 0.25) is 0 Å². The second-order valence-corrected chi connectivity index (χ2v) is 6.07. The van der Waals surface area contributed by atoms with Gasteiger partial charge in [0.15, 0.2) is 0 Å². The number of hydrazine groups is 1. The van der Waals surface area contributed by atoms with Crippen LogP contribution in [0, 0.1) is 17.8 Å². The molecular weight excluding hydrogens is 236 g/mol. The van der Waals surface area contributed by atoms with Crippen molar-refractivity contribution in [1.29, 1.82) is 0 Å². The van der Waals surface area contributed by atoms with Gasteiger partial charge >= 0.3 is 0 Å². The minimum absolute atomic E-state index is 0.127. The van der Waals surface area contributed by atoms with Gasteiger partial charge in [0.1, 0.15) is 0 Å². The number of hydrogen-bond donors (Lipinski definition) is 3. The molecule has 4 nitrogen and oxygen atoms in total. The highest BCUT2D eigenvalue weighted by atomic mass is 15.2. The summed E-state index contributed by atoms with van der Waals surface area (Å²) in [5.41, 5.74) is 10.8. The van der Waals surface area contributed by atoms with E-state index in [0.717, 1.165) is 23.1 Å². The van der Waals surface area contributed by atoms with Gasteiger partial charge in [-0.05, 0) is 49.5 Å². The highest BCUT2D eigenvalue weighted by molar-refractivity contribution is 5.46. The van der Waals surface area contributed by atoms with Gasteiger partial charge in [-0.3, -0.25) is 16.3 Å². The molecule has 19 heavy (non-hydrogen) atoms. The Balaban J connectivity index is 2.06. The van der Waals surface area contributed by atoms with Crippen LogP contribution in [0.25, 0.3) is 0 Å². The average Bonchev–Trinajstić information content (AvgIpc) is 2.42. The van der Waals surface area contributed by atoms with Crippen LogP contribution in [-0.2, 0) is 0 Å². The molecule has 1 unspecified atom stereocenters. The monoisotopic (exact) mass is 262 g/mol. The minimum atomic E-state index is 0.127. The van der Waals surface area contributed by atoms with Crippen molar-refractivity contribution in [3.63, 3.8) is 0 Å². The largest absolute Gasteiger partial charge is 0.398 e. The van der Waals surface area contributed by atoms with Gasteiger partial charge in [-0.15, -0.1) is 0 Å². The van der Waals surface area contributed by atoms with Gasteiger partial charge < -0.3 is 5.73 Å². The number of rotatable bonds is 4. The molecule has 0 bridgehead atoms. The first-order valence-corrected chi connectivity index (χ1v) is 7.29. The van der Waals surface area contributed by atoms with Crippen LogP contribution in [-0.4, -0.2) is 4.98 Å². The van der Waals surface area contributed by atoms with Gasteiger partial charge in [0, 0.05) is 23.6 Å². The summed E-state index contributed by atoms with van der Waals surface area (Å²) in [6, 6.07) is 1.97. The lowest BCUT2D eigenvalue weighted by Gasteiger charge is -2.35. The zero-order valence-electron chi connectivity index (χ0n) is 12.0.